The van der Waals surface area contributed by atoms with E-state index in [0.29, 0.717) is 5.69 Å². The molecule has 7 nitrogen and oxygen atoms in total. The Morgan fingerprint density at radius 1 is 1.33 bits per heavy atom. The zero-order valence-electron chi connectivity index (χ0n) is 9.30. The minimum absolute atomic E-state index is 0.0343. The van der Waals surface area contributed by atoms with Crippen LogP contribution in [0.3, 0.4) is 0 Å². The number of nitrogens with zero attached hydrogens (tertiary/aromatic N) is 4. The average Bonchev–Trinajstić information content (AvgIpc) is 2.37. The molecule has 0 aliphatic rings. The summed E-state index contributed by atoms with van der Waals surface area (Å²) in [5, 5.41) is 11.7. The first-order chi connectivity index (χ1) is 8.54. The zero-order chi connectivity index (χ0) is 13.0. The second-order valence-electron chi connectivity index (χ2n) is 3.55. The summed E-state index contributed by atoms with van der Waals surface area (Å²) < 4.78 is 32.8. The normalized spacial score (nSPS) is 11.4. The van der Waals surface area contributed by atoms with Gasteiger partial charge in [0, 0.05) is 17.8 Å². The van der Waals surface area contributed by atoms with Gasteiger partial charge in [-0.25, -0.2) is 8.42 Å². The molecule has 2 rings (SSSR count). The molecule has 8 heteroatoms. The number of hydrogen-bond acceptors (Lipinski definition) is 6. The van der Waals surface area contributed by atoms with Gasteiger partial charge in [0.15, 0.2) is 12.7 Å². The highest BCUT2D eigenvalue weighted by Crippen LogP contribution is 2.11. The Labute approximate surface area is 104 Å². The van der Waals surface area contributed by atoms with Crippen molar-refractivity contribution in [3.8, 4) is 11.3 Å². The largest absolute Gasteiger partial charge is 0.748 e. The van der Waals surface area contributed by atoms with E-state index in [1.165, 1.54) is 4.68 Å². The van der Waals surface area contributed by atoms with Crippen LogP contribution < -0.4 is 4.68 Å². The van der Waals surface area contributed by atoms with Crippen LogP contribution in [0.4, 0.5) is 0 Å². The second kappa shape index (κ2) is 5.15. The van der Waals surface area contributed by atoms with Crippen molar-refractivity contribution in [2.75, 3.05) is 5.75 Å². The van der Waals surface area contributed by atoms with E-state index in [-0.39, 0.29) is 6.54 Å². The standard InChI is InChI=1S/C10H10N4O3S/c15-18(16,17)7-6-14-5-3-9(8-12-14)10-2-1-4-11-13-10/h1-5,8H,6-7H2. The van der Waals surface area contributed by atoms with Crippen molar-refractivity contribution in [2.24, 2.45) is 0 Å². The molecule has 0 atom stereocenters. The van der Waals surface area contributed by atoms with Crippen LogP contribution in [0.5, 0.6) is 0 Å². The van der Waals surface area contributed by atoms with E-state index in [9.17, 15) is 13.0 Å². The fourth-order valence-electron chi connectivity index (χ4n) is 1.33. The van der Waals surface area contributed by atoms with Gasteiger partial charge in [-0.15, -0.1) is 0 Å². The molecular weight excluding hydrogens is 256 g/mol. The Bertz CT molecular complexity index is 613. The minimum Gasteiger partial charge on any atom is -0.748 e. The summed E-state index contributed by atoms with van der Waals surface area (Å²) in [6, 6.07) is 5.28. The highest BCUT2D eigenvalue weighted by molar-refractivity contribution is 7.85. The molecule has 18 heavy (non-hydrogen) atoms. The summed E-state index contributed by atoms with van der Waals surface area (Å²) in [4.78, 5) is 0. The number of aromatic nitrogens is 4. The lowest BCUT2D eigenvalue weighted by molar-refractivity contribution is -0.750. The maximum Gasteiger partial charge on any atom is 0.197 e. The van der Waals surface area contributed by atoms with Gasteiger partial charge in [-0.3, -0.25) is 0 Å². The van der Waals surface area contributed by atoms with E-state index in [0.717, 1.165) is 5.56 Å². The smallest absolute Gasteiger partial charge is 0.197 e. The first-order valence-corrected chi connectivity index (χ1v) is 6.70. The van der Waals surface area contributed by atoms with Crippen LogP contribution in [0.1, 0.15) is 0 Å². The van der Waals surface area contributed by atoms with Gasteiger partial charge in [0.2, 0.25) is 0 Å². The molecule has 0 amide bonds. The number of aryl methyl sites for hydroxylation is 1. The van der Waals surface area contributed by atoms with Crippen LogP contribution in [-0.2, 0) is 16.7 Å². The van der Waals surface area contributed by atoms with E-state index in [4.69, 9.17) is 0 Å². The van der Waals surface area contributed by atoms with Gasteiger partial charge < -0.3 is 4.55 Å². The van der Waals surface area contributed by atoms with Gasteiger partial charge in [-0.1, -0.05) is 4.68 Å². The molecule has 2 aromatic heterocycles. The van der Waals surface area contributed by atoms with Crippen molar-refractivity contribution < 1.29 is 17.7 Å². The lowest BCUT2D eigenvalue weighted by Gasteiger charge is -2.02. The third kappa shape index (κ3) is 3.54. The Morgan fingerprint density at radius 2 is 2.17 bits per heavy atom. The molecule has 0 aliphatic carbocycles. The monoisotopic (exact) mass is 266 g/mol. The van der Waals surface area contributed by atoms with Crippen molar-refractivity contribution in [2.45, 2.75) is 6.54 Å². The first kappa shape index (κ1) is 12.5. The molecule has 0 unspecified atom stereocenters. The molecule has 0 spiro atoms. The van der Waals surface area contributed by atoms with Crippen LogP contribution in [0, 0.1) is 0 Å². The van der Waals surface area contributed by atoms with Gasteiger partial charge in [0.25, 0.3) is 0 Å². The molecule has 2 aromatic rings. The molecule has 0 fully saturated rings. The van der Waals surface area contributed by atoms with Gasteiger partial charge in [0.1, 0.15) is 16.3 Å². The predicted octanol–water partition coefficient (Wildman–Crippen LogP) is -0.629. The second-order valence-corrected chi connectivity index (χ2v) is 5.07. The Balaban J connectivity index is 2.11. The van der Waals surface area contributed by atoms with Gasteiger partial charge in [-0.05, 0) is 17.2 Å². The van der Waals surface area contributed by atoms with E-state index < -0.39 is 15.9 Å². The van der Waals surface area contributed by atoms with Crippen molar-refractivity contribution in [3.63, 3.8) is 0 Å². The van der Waals surface area contributed by atoms with Crippen molar-refractivity contribution in [1.29, 1.82) is 0 Å². The van der Waals surface area contributed by atoms with Gasteiger partial charge in [0.05, 0.1) is 11.4 Å². The topological polar surface area (TPSA) is 99.8 Å². The van der Waals surface area contributed by atoms with Gasteiger partial charge >= 0.3 is 0 Å². The molecule has 0 saturated heterocycles. The predicted molar refractivity (Wildman–Crippen MR) is 60.0 cm³/mol. The fraction of sp³-hybridized carbons (Fsp3) is 0.200. The summed E-state index contributed by atoms with van der Waals surface area (Å²) in [5.41, 5.74) is 1.44. The van der Waals surface area contributed by atoms with E-state index in [1.807, 2.05) is 0 Å². The highest BCUT2D eigenvalue weighted by atomic mass is 32.2. The summed E-state index contributed by atoms with van der Waals surface area (Å²) in [5.74, 6) is -0.477. The molecule has 0 bridgehead atoms. The molecular formula is C10H10N4O3S. The molecule has 0 radical (unpaired) electrons. The van der Waals surface area contributed by atoms with Crippen LogP contribution in [-0.4, -0.2) is 34.0 Å². The number of hydrogen-bond donors (Lipinski definition) is 0. The Morgan fingerprint density at radius 3 is 2.72 bits per heavy atom. The van der Waals surface area contributed by atoms with Crippen LogP contribution in [0.2, 0.25) is 0 Å². The molecule has 0 saturated carbocycles. The van der Waals surface area contributed by atoms with E-state index >= 15 is 0 Å². The summed E-state index contributed by atoms with van der Waals surface area (Å²) in [6.07, 6.45) is 4.70. The van der Waals surface area contributed by atoms with Crippen LogP contribution >= 0.6 is 0 Å². The third-order valence-electron chi connectivity index (χ3n) is 2.21. The molecule has 0 N–H and O–H groups in total. The third-order valence-corrected chi connectivity index (χ3v) is 2.89. The van der Waals surface area contributed by atoms with Crippen molar-refractivity contribution in [1.82, 2.24) is 15.3 Å². The lowest BCUT2D eigenvalue weighted by Crippen LogP contribution is -2.40. The van der Waals surface area contributed by atoms with Crippen molar-refractivity contribution >= 4 is 10.1 Å². The van der Waals surface area contributed by atoms with E-state index in [2.05, 4.69) is 15.3 Å². The summed E-state index contributed by atoms with van der Waals surface area (Å²) in [6.45, 7) is 0.0343. The average molecular weight is 266 g/mol. The maximum absolute atomic E-state index is 10.5. The minimum atomic E-state index is -4.22. The Kier molecular flexibility index (Phi) is 3.58. The van der Waals surface area contributed by atoms with Crippen LogP contribution in [0.25, 0.3) is 11.3 Å². The first-order valence-electron chi connectivity index (χ1n) is 5.12. The molecule has 94 valence electrons. The van der Waals surface area contributed by atoms with Crippen LogP contribution in [0.15, 0.2) is 36.8 Å². The molecule has 0 aliphatic heterocycles. The zero-order valence-corrected chi connectivity index (χ0v) is 10.1. The quantitative estimate of drug-likeness (QED) is 0.539. The fourth-order valence-corrected chi connectivity index (χ4v) is 1.74. The molecule has 0 aromatic carbocycles. The molecule has 2 heterocycles. The number of rotatable bonds is 4. The van der Waals surface area contributed by atoms with Crippen molar-refractivity contribution in [3.05, 3.63) is 36.8 Å². The summed E-state index contributed by atoms with van der Waals surface area (Å²) in [7, 11) is -4.22. The SMILES string of the molecule is O=S(=O)([O-])CC[n+]1ccc(-c2cccnn2)cn1. The summed E-state index contributed by atoms with van der Waals surface area (Å²) >= 11 is 0. The highest BCUT2D eigenvalue weighted by Gasteiger charge is 2.07. The Hall–Kier alpha value is -1.93. The van der Waals surface area contributed by atoms with Gasteiger partial charge in [-0.2, -0.15) is 10.2 Å². The lowest BCUT2D eigenvalue weighted by atomic mass is 10.2. The maximum atomic E-state index is 10.5. The van der Waals surface area contributed by atoms with E-state index in [1.54, 1.807) is 36.8 Å².